The van der Waals surface area contributed by atoms with Crippen molar-refractivity contribution in [2.24, 2.45) is 0 Å². The van der Waals surface area contributed by atoms with Crippen molar-refractivity contribution in [3.05, 3.63) is 52.3 Å². The number of phenols is 1. The molecule has 1 heterocycles. The van der Waals surface area contributed by atoms with E-state index in [1.807, 2.05) is 0 Å². The summed E-state index contributed by atoms with van der Waals surface area (Å²) in [5.74, 6) is -0.612. The predicted octanol–water partition coefficient (Wildman–Crippen LogP) is 1.88. The van der Waals surface area contributed by atoms with Gasteiger partial charge < -0.3 is 10.1 Å². The molecule has 0 radical (unpaired) electrons. The molecule has 2 rings (SSSR count). The number of aromatic hydroxyl groups is 1. The van der Waals surface area contributed by atoms with Crippen LogP contribution in [0.3, 0.4) is 0 Å². The summed E-state index contributed by atoms with van der Waals surface area (Å²) < 4.78 is 0.749. The molecule has 0 saturated heterocycles. The first-order chi connectivity index (χ1) is 10.1. The molecule has 1 aromatic carbocycles. The highest BCUT2D eigenvalue weighted by molar-refractivity contribution is 9.10. The number of hydrogen-bond donors (Lipinski definition) is 4. The van der Waals surface area contributed by atoms with Crippen LogP contribution < -0.4 is 10.9 Å². The Labute approximate surface area is 129 Å². The lowest BCUT2D eigenvalue weighted by Crippen LogP contribution is -2.41. The molecule has 0 unspecified atom stereocenters. The van der Waals surface area contributed by atoms with Crippen LogP contribution in [0, 0.1) is 0 Å². The Morgan fingerprint density at radius 1 is 1.24 bits per heavy atom. The second-order valence-electron chi connectivity index (χ2n) is 4.36. The number of carbonyl (C=O) groups is 2. The number of halogens is 1. The van der Waals surface area contributed by atoms with E-state index in [0.717, 1.165) is 4.47 Å². The number of hydrogen-bond acceptors (Lipinski definition) is 3. The summed E-state index contributed by atoms with van der Waals surface area (Å²) in [4.78, 5) is 26.1. The lowest BCUT2D eigenvalue weighted by molar-refractivity contribution is -0.121. The molecule has 0 aliphatic heterocycles. The van der Waals surface area contributed by atoms with Gasteiger partial charge in [0.2, 0.25) is 5.91 Å². The van der Waals surface area contributed by atoms with Gasteiger partial charge in [-0.15, -0.1) is 0 Å². The zero-order valence-corrected chi connectivity index (χ0v) is 12.6. The zero-order chi connectivity index (χ0) is 15.2. The number of amides is 2. The molecule has 0 bridgehead atoms. The van der Waals surface area contributed by atoms with E-state index in [9.17, 15) is 14.7 Å². The molecule has 0 saturated carbocycles. The average molecular weight is 352 g/mol. The van der Waals surface area contributed by atoms with Crippen LogP contribution in [0.25, 0.3) is 0 Å². The normalized spacial score (nSPS) is 10.1. The number of phenolic OH excluding ortho intramolecular Hbond substituents is 1. The minimum atomic E-state index is -0.434. The largest absolute Gasteiger partial charge is 0.508 e. The molecular formula is C14H14BrN3O3. The van der Waals surface area contributed by atoms with Crippen molar-refractivity contribution >= 4 is 27.7 Å². The number of rotatable bonds is 4. The Morgan fingerprint density at radius 2 is 2.00 bits per heavy atom. The van der Waals surface area contributed by atoms with Gasteiger partial charge in [0.1, 0.15) is 11.4 Å². The van der Waals surface area contributed by atoms with Crippen LogP contribution in [0.4, 0.5) is 0 Å². The molecule has 6 nitrogen and oxygen atoms in total. The number of para-hydroxylation sites is 1. The summed E-state index contributed by atoms with van der Waals surface area (Å²) in [6.45, 7) is 0. The number of aromatic nitrogens is 1. The Bertz CT molecular complexity index is 654. The molecule has 21 heavy (non-hydrogen) atoms. The third-order valence-electron chi connectivity index (χ3n) is 2.82. The van der Waals surface area contributed by atoms with Gasteiger partial charge in [0.25, 0.3) is 5.91 Å². The smallest absolute Gasteiger partial charge is 0.286 e. The minimum absolute atomic E-state index is 0.158. The van der Waals surface area contributed by atoms with Gasteiger partial charge in [0.05, 0.1) is 0 Å². The summed E-state index contributed by atoms with van der Waals surface area (Å²) >= 11 is 3.22. The molecule has 7 heteroatoms. The molecule has 0 aliphatic carbocycles. The number of hydrazine groups is 1. The van der Waals surface area contributed by atoms with Crippen molar-refractivity contribution in [3.8, 4) is 5.75 Å². The summed E-state index contributed by atoms with van der Waals surface area (Å²) in [5.41, 5.74) is 5.66. The second kappa shape index (κ2) is 6.94. The second-order valence-corrected chi connectivity index (χ2v) is 5.28. The summed E-state index contributed by atoms with van der Waals surface area (Å²) in [7, 11) is 0. The van der Waals surface area contributed by atoms with Gasteiger partial charge in [-0.3, -0.25) is 20.4 Å². The minimum Gasteiger partial charge on any atom is -0.508 e. The van der Waals surface area contributed by atoms with Crippen LogP contribution in [0.15, 0.2) is 41.0 Å². The molecule has 1 aromatic heterocycles. The third kappa shape index (κ3) is 4.35. The first-order valence-corrected chi connectivity index (χ1v) is 7.05. The van der Waals surface area contributed by atoms with Crippen LogP contribution in [-0.2, 0) is 11.2 Å². The fourth-order valence-electron chi connectivity index (χ4n) is 1.73. The van der Waals surface area contributed by atoms with E-state index in [-0.39, 0.29) is 18.1 Å². The standard InChI is InChI=1S/C14H14BrN3O3/c15-10-7-11(16-8-10)14(21)18-17-13(20)6-5-9-3-1-2-4-12(9)19/h1-4,7-8,16,19H,5-6H2,(H,17,20)(H,18,21). The highest BCUT2D eigenvalue weighted by Gasteiger charge is 2.09. The van der Waals surface area contributed by atoms with Gasteiger partial charge >= 0.3 is 0 Å². The predicted molar refractivity (Wildman–Crippen MR) is 80.5 cm³/mol. The van der Waals surface area contributed by atoms with Gasteiger partial charge in [-0.05, 0) is 40.0 Å². The molecule has 4 N–H and O–H groups in total. The lowest BCUT2D eigenvalue weighted by Gasteiger charge is -2.07. The Hall–Kier alpha value is -2.28. The van der Waals surface area contributed by atoms with E-state index >= 15 is 0 Å². The monoisotopic (exact) mass is 351 g/mol. The topological polar surface area (TPSA) is 94.2 Å². The maximum absolute atomic E-state index is 11.7. The van der Waals surface area contributed by atoms with Crippen molar-refractivity contribution in [3.63, 3.8) is 0 Å². The van der Waals surface area contributed by atoms with E-state index in [2.05, 4.69) is 31.8 Å². The number of aromatic amines is 1. The van der Waals surface area contributed by atoms with Crippen LogP contribution >= 0.6 is 15.9 Å². The van der Waals surface area contributed by atoms with Crippen LogP contribution in [0.5, 0.6) is 5.75 Å². The Kier molecular flexibility index (Phi) is 4.99. The van der Waals surface area contributed by atoms with Crippen molar-refractivity contribution in [2.75, 3.05) is 0 Å². The van der Waals surface area contributed by atoms with Crippen LogP contribution in [0.2, 0.25) is 0 Å². The summed E-state index contributed by atoms with van der Waals surface area (Å²) in [5, 5.41) is 9.58. The fourth-order valence-corrected chi connectivity index (χ4v) is 2.07. The van der Waals surface area contributed by atoms with Gasteiger partial charge in [-0.25, -0.2) is 0 Å². The van der Waals surface area contributed by atoms with Crippen LogP contribution in [-0.4, -0.2) is 21.9 Å². The number of nitrogens with one attached hydrogen (secondary N) is 3. The molecule has 0 fully saturated rings. The molecule has 0 spiro atoms. The molecule has 2 aromatic rings. The van der Waals surface area contributed by atoms with E-state index in [1.165, 1.54) is 0 Å². The Balaban J connectivity index is 1.78. The first-order valence-electron chi connectivity index (χ1n) is 6.26. The van der Waals surface area contributed by atoms with Gasteiger partial charge in [0, 0.05) is 17.1 Å². The quantitative estimate of drug-likeness (QED) is 0.633. The highest BCUT2D eigenvalue weighted by Crippen LogP contribution is 2.17. The SMILES string of the molecule is O=C(CCc1ccccc1O)NNC(=O)c1cc(Br)c[nH]1. The van der Waals surface area contributed by atoms with E-state index in [1.54, 1.807) is 36.5 Å². The molecular weight excluding hydrogens is 338 g/mol. The molecule has 0 aliphatic rings. The Morgan fingerprint density at radius 3 is 2.67 bits per heavy atom. The molecule has 2 amide bonds. The van der Waals surface area contributed by atoms with Crippen molar-refractivity contribution in [1.82, 2.24) is 15.8 Å². The summed E-state index contributed by atoms with van der Waals surface area (Å²) in [6, 6.07) is 8.42. The van der Waals surface area contributed by atoms with Crippen molar-refractivity contribution in [1.29, 1.82) is 0 Å². The highest BCUT2D eigenvalue weighted by atomic mass is 79.9. The van der Waals surface area contributed by atoms with E-state index in [4.69, 9.17) is 0 Å². The number of benzene rings is 1. The van der Waals surface area contributed by atoms with E-state index in [0.29, 0.717) is 17.7 Å². The summed E-state index contributed by atoms with van der Waals surface area (Å²) in [6.07, 6.45) is 2.17. The molecule has 110 valence electrons. The maximum atomic E-state index is 11.7. The van der Waals surface area contributed by atoms with Crippen molar-refractivity contribution < 1.29 is 14.7 Å². The van der Waals surface area contributed by atoms with E-state index < -0.39 is 5.91 Å². The number of carbonyl (C=O) groups excluding carboxylic acids is 2. The van der Waals surface area contributed by atoms with Crippen LogP contribution in [0.1, 0.15) is 22.5 Å². The fraction of sp³-hybridized carbons (Fsp3) is 0.143. The van der Waals surface area contributed by atoms with Gasteiger partial charge in [-0.1, -0.05) is 18.2 Å². The van der Waals surface area contributed by atoms with Gasteiger partial charge in [0.15, 0.2) is 0 Å². The first kappa shape index (κ1) is 15.1. The number of aryl methyl sites for hydroxylation is 1. The van der Waals surface area contributed by atoms with Gasteiger partial charge in [-0.2, -0.15) is 0 Å². The van der Waals surface area contributed by atoms with Crippen molar-refractivity contribution in [2.45, 2.75) is 12.8 Å². The average Bonchev–Trinajstić information content (AvgIpc) is 2.90. The third-order valence-corrected chi connectivity index (χ3v) is 3.28. The molecule has 0 atom stereocenters. The number of H-pyrrole nitrogens is 1. The maximum Gasteiger partial charge on any atom is 0.286 e. The zero-order valence-electron chi connectivity index (χ0n) is 11.0. The lowest BCUT2D eigenvalue weighted by atomic mass is 10.1.